The molecule has 130 valence electrons. The second-order valence-electron chi connectivity index (χ2n) is 6.07. The van der Waals surface area contributed by atoms with Crippen LogP contribution < -0.4 is 22.6 Å². The van der Waals surface area contributed by atoms with Gasteiger partial charge in [-0.2, -0.15) is 4.98 Å². The molecule has 0 bridgehead atoms. The van der Waals surface area contributed by atoms with E-state index in [1.165, 1.54) is 31.4 Å². The molecule has 1 fully saturated rings. The maximum absolute atomic E-state index is 13.1. The van der Waals surface area contributed by atoms with Gasteiger partial charge >= 0.3 is 0 Å². The zero-order valence-electron chi connectivity index (χ0n) is 13.8. The zero-order valence-corrected chi connectivity index (χ0v) is 14.5. The number of fused-ring (bicyclic) bond motifs is 1. The first-order valence-electron chi connectivity index (χ1n) is 8.34. The van der Waals surface area contributed by atoms with E-state index in [1.807, 2.05) is 18.2 Å². The Kier molecular flexibility index (Phi) is 5.34. The standard InChI is InChI=1S/C19H19FN4.ClH/c20-14-8-10-15(11-9-14)21-19-22-17-7-3-2-6-16(17)18(23-19)24-12-4-1-5-13-24;/h2-3,6-11H,1,4-5,12-13H2,(H,21,22,23);1H/p-1. The molecule has 1 aliphatic heterocycles. The summed E-state index contributed by atoms with van der Waals surface area (Å²) in [6.07, 6.45) is 3.66. The second-order valence-corrected chi connectivity index (χ2v) is 6.07. The lowest BCUT2D eigenvalue weighted by Gasteiger charge is -2.28. The summed E-state index contributed by atoms with van der Waals surface area (Å²) in [6.45, 7) is 2.05. The fourth-order valence-electron chi connectivity index (χ4n) is 3.12. The second kappa shape index (κ2) is 7.66. The van der Waals surface area contributed by atoms with Crippen LogP contribution in [0.2, 0.25) is 0 Å². The van der Waals surface area contributed by atoms with E-state index in [9.17, 15) is 4.39 Å². The van der Waals surface area contributed by atoms with E-state index >= 15 is 0 Å². The number of anilines is 3. The summed E-state index contributed by atoms with van der Waals surface area (Å²) in [5, 5.41) is 4.26. The number of benzene rings is 2. The van der Waals surface area contributed by atoms with Crippen molar-refractivity contribution in [3.63, 3.8) is 0 Å². The third kappa shape index (κ3) is 3.82. The number of nitrogens with zero attached hydrogens (tertiary/aromatic N) is 3. The minimum Gasteiger partial charge on any atom is -1.00 e. The van der Waals surface area contributed by atoms with E-state index < -0.39 is 0 Å². The molecular weight excluding hydrogens is 339 g/mol. The van der Waals surface area contributed by atoms with Gasteiger partial charge in [0.2, 0.25) is 5.95 Å². The molecule has 2 aromatic carbocycles. The Hall–Kier alpha value is -2.40. The lowest BCUT2D eigenvalue weighted by molar-refractivity contribution is -0.00000552. The average Bonchev–Trinajstić information content (AvgIpc) is 2.64. The molecule has 25 heavy (non-hydrogen) atoms. The van der Waals surface area contributed by atoms with Gasteiger partial charge in [-0.15, -0.1) is 0 Å². The number of para-hydroxylation sites is 1. The first-order chi connectivity index (χ1) is 11.8. The zero-order chi connectivity index (χ0) is 16.4. The van der Waals surface area contributed by atoms with E-state index in [0.29, 0.717) is 5.95 Å². The normalized spacial score (nSPS) is 14.2. The van der Waals surface area contributed by atoms with Crippen molar-refractivity contribution in [3.8, 4) is 0 Å². The highest BCUT2D eigenvalue weighted by molar-refractivity contribution is 5.90. The van der Waals surface area contributed by atoms with Crippen LogP contribution in [0.5, 0.6) is 0 Å². The van der Waals surface area contributed by atoms with Crippen LogP contribution in [0.25, 0.3) is 10.9 Å². The Balaban J connectivity index is 0.00000182. The predicted octanol–water partition coefficient (Wildman–Crippen LogP) is 1.51. The summed E-state index contributed by atoms with van der Waals surface area (Å²) in [7, 11) is 0. The van der Waals surface area contributed by atoms with Crippen LogP contribution in [-0.4, -0.2) is 23.1 Å². The van der Waals surface area contributed by atoms with Gasteiger partial charge in [0.05, 0.1) is 5.52 Å². The Morgan fingerprint density at radius 2 is 1.60 bits per heavy atom. The maximum Gasteiger partial charge on any atom is 0.229 e. The van der Waals surface area contributed by atoms with Crippen molar-refractivity contribution in [3.05, 3.63) is 54.3 Å². The van der Waals surface area contributed by atoms with Crippen molar-refractivity contribution in [2.75, 3.05) is 23.3 Å². The number of aromatic nitrogens is 2. The summed E-state index contributed by atoms with van der Waals surface area (Å²) in [6, 6.07) is 14.3. The third-order valence-electron chi connectivity index (χ3n) is 4.34. The number of halogens is 2. The molecule has 1 aromatic heterocycles. The summed E-state index contributed by atoms with van der Waals surface area (Å²) >= 11 is 0. The topological polar surface area (TPSA) is 41.1 Å². The van der Waals surface area contributed by atoms with Crippen molar-refractivity contribution < 1.29 is 16.8 Å². The first kappa shape index (κ1) is 17.4. The third-order valence-corrected chi connectivity index (χ3v) is 4.34. The van der Waals surface area contributed by atoms with Crippen molar-refractivity contribution in [2.45, 2.75) is 19.3 Å². The summed E-state index contributed by atoms with van der Waals surface area (Å²) < 4.78 is 13.1. The van der Waals surface area contributed by atoms with Gasteiger partial charge in [0, 0.05) is 24.2 Å². The number of rotatable bonds is 3. The highest BCUT2D eigenvalue weighted by Gasteiger charge is 2.17. The van der Waals surface area contributed by atoms with Gasteiger partial charge in [-0.25, -0.2) is 9.37 Å². The molecule has 1 saturated heterocycles. The highest BCUT2D eigenvalue weighted by atomic mass is 35.5. The van der Waals surface area contributed by atoms with Crippen LogP contribution in [0, 0.1) is 5.82 Å². The van der Waals surface area contributed by atoms with Crippen molar-refractivity contribution in [1.82, 2.24) is 9.97 Å². The molecule has 2 heterocycles. The first-order valence-corrected chi connectivity index (χ1v) is 8.34. The Bertz CT molecular complexity index is 848. The summed E-state index contributed by atoms with van der Waals surface area (Å²) in [5.74, 6) is 1.26. The van der Waals surface area contributed by atoms with Crippen LogP contribution in [0.3, 0.4) is 0 Å². The number of hydrogen-bond donors (Lipinski definition) is 1. The monoisotopic (exact) mass is 357 g/mol. The van der Waals surface area contributed by atoms with Crippen molar-refractivity contribution in [2.24, 2.45) is 0 Å². The van der Waals surface area contributed by atoms with Crippen molar-refractivity contribution >= 4 is 28.4 Å². The fourth-order valence-corrected chi connectivity index (χ4v) is 3.12. The molecule has 0 saturated carbocycles. The molecule has 3 aromatic rings. The van der Waals surface area contributed by atoms with Crippen LogP contribution in [0.4, 0.5) is 21.8 Å². The lowest BCUT2D eigenvalue weighted by atomic mass is 10.1. The van der Waals surface area contributed by atoms with Gasteiger partial charge in [0.15, 0.2) is 0 Å². The molecule has 0 aliphatic carbocycles. The molecule has 1 N–H and O–H groups in total. The van der Waals surface area contributed by atoms with Gasteiger partial charge in [-0.3, -0.25) is 0 Å². The van der Waals surface area contributed by atoms with E-state index in [-0.39, 0.29) is 18.2 Å². The van der Waals surface area contributed by atoms with Crippen LogP contribution in [-0.2, 0) is 0 Å². The summed E-state index contributed by atoms with van der Waals surface area (Å²) in [5.41, 5.74) is 1.69. The molecule has 0 spiro atoms. The molecule has 6 heteroatoms. The molecule has 1 aliphatic rings. The Morgan fingerprint density at radius 1 is 0.880 bits per heavy atom. The van der Waals surface area contributed by atoms with Gasteiger partial charge in [-0.05, 0) is 55.7 Å². The van der Waals surface area contributed by atoms with Gasteiger partial charge < -0.3 is 22.6 Å². The van der Waals surface area contributed by atoms with E-state index in [0.717, 1.165) is 35.5 Å². The fraction of sp³-hybridized carbons (Fsp3) is 0.263. The molecule has 0 atom stereocenters. The van der Waals surface area contributed by atoms with Crippen LogP contribution in [0.1, 0.15) is 19.3 Å². The minimum absolute atomic E-state index is 0. The highest BCUT2D eigenvalue weighted by Crippen LogP contribution is 2.28. The average molecular weight is 358 g/mol. The van der Waals surface area contributed by atoms with E-state index in [1.54, 1.807) is 12.1 Å². The molecule has 0 radical (unpaired) electrons. The minimum atomic E-state index is -0.256. The SMILES string of the molecule is Fc1ccc(Nc2nc(N3CCCCC3)c3ccccc3n2)cc1.[Cl-]. The maximum atomic E-state index is 13.1. The number of piperidine rings is 1. The molecular formula is C19H19ClFN4-. The molecule has 4 nitrogen and oxygen atoms in total. The van der Waals surface area contributed by atoms with Gasteiger partial charge in [0.25, 0.3) is 0 Å². The Morgan fingerprint density at radius 3 is 2.36 bits per heavy atom. The van der Waals surface area contributed by atoms with E-state index in [2.05, 4.69) is 21.3 Å². The molecule has 0 unspecified atom stereocenters. The van der Waals surface area contributed by atoms with Crippen LogP contribution >= 0.6 is 0 Å². The van der Waals surface area contributed by atoms with Crippen molar-refractivity contribution in [1.29, 1.82) is 0 Å². The lowest BCUT2D eigenvalue weighted by Crippen LogP contribution is -3.00. The molecule has 0 amide bonds. The van der Waals surface area contributed by atoms with Crippen LogP contribution in [0.15, 0.2) is 48.5 Å². The van der Waals surface area contributed by atoms with E-state index in [4.69, 9.17) is 4.98 Å². The Labute approximate surface area is 152 Å². The van der Waals surface area contributed by atoms with Gasteiger partial charge in [-0.1, -0.05) is 12.1 Å². The summed E-state index contributed by atoms with van der Waals surface area (Å²) in [4.78, 5) is 11.7. The quantitative estimate of drug-likeness (QED) is 0.771. The number of hydrogen-bond acceptors (Lipinski definition) is 4. The number of nitrogens with one attached hydrogen (secondary N) is 1. The molecule has 4 rings (SSSR count). The smallest absolute Gasteiger partial charge is 0.229 e. The largest absolute Gasteiger partial charge is 1.00 e. The predicted molar refractivity (Wildman–Crippen MR) is 95.3 cm³/mol. The van der Waals surface area contributed by atoms with Gasteiger partial charge in [0.1, 0.15) is 11.6 Å².